The summed E-state index contributed by atoms with van der Waals surface area (Å²) in [6.07, 6.45) is 2.12. The summed E-state index contributed by atoms with van der Waals surface area (Å²) in [5.74, 6) is -0.0469. The molecule has 1 saturated carbocycles. The number of primary amides is 1. The maximum Gasteiger partial charge on any atom is 0.263 e. The lowest BCUT2D eigenvalue weighted by molar-refractivity contribution is -0.118. The van der Waals surface area contributed by atoms with Crippen LogP contribution >= 0.6 is 23.2 Å². The second kappa shape index (κ2) is 9.32. The fourth-order valence-electron chi connectivity index (χ4n) is 3.81. The van der Waals surface area contributed by atoms with Crippen molar-refractivity contribution in [3.63, 3.8) is 0 Å². The topological polar surface area (TPSA) is 192 Å². The maximum absolute atomic E-state index is 13.5. The molecule has 7 N–H and O–H groups in total. The lowest BCUT2D eigenvalue weighted by atomic mass is 10.1. The van der Waals surface area contributed by atoms with Crippen molar-refractivity contribution in [2.24, 2.45) is 11.7 Å². The predicted molar refractivity (Wildman–Crippen MR) is 129 cm³/mol. The van der Waals surface area contributed by atoms with E-state index in [2.05, 4.69) is 15.3 Å². The molecule has 0 aliphatic heterocycles. The Morgan fingerprint density at radius 3 is 2.59 bits per heavy atom. The van der Waals surface area contributed by atoms with E-state index in [1.807, 2.05) is 6.07 Å². The van der Waals surface area contributed by atoms with E-state index < -0.39 is 17.5 Å². The maximum atomic E-state index is 13.5. The fourth-order valence-corrected chi connectivity index (χ4v) is 4.25. The Morgan fingerprint density at radius 2 is 1.94 bits per heavy atom. The first-order chi connectivity index (χ1) is 16.2. The fraction of sp³-hybridized carbons (Fsp3) is 0.333. The van der Waals surface area contributed by atoms with Gasteiger partial charge < -0.3 is 22.5 Å². The van der Waals surface area contributed by atoms with Crippen molar-refractivity contribution >= 4 is 57.6 Å². The largest absolute Gasteiger partial charge is 0.382 e. The standard InChI is InChI=1S/C21H21Cl2N9O2/c22-11-5-6-12(23)16-14(11)20(34)32(7-1-2-13(25)33)19(29-16)15(9-3-4-9)28-18-10(8-24)17(26)30-21(27)31-18/h5-6,9,15H,1-4,7H2,(H2,25,33)(H5,26,27,28,30,31)/t15-/m0/s1. The minimum absolute atomic E-state index is 0.0318. The number of amides is 1. The third-order valence-electron chi connectivity index (χ3n) is 5.57. The molecule has 0 spiro atoms. The summed E-state index contributed by atoms with van der Waals surface area (Å²) in [5.41, 5.74) is 16.8. The van der Waals surface area contributed by atoms with Crippen LogP contribution < -0.4 is 28.1 Å². The number of halogens is 2. The van der Waals surface area contributed by atoms with Gasteiger partial charge in [0.2, 0.25) is 11.9 Å². The Balaban J connectivity index is 1.90. The number of rotatable bonds is 8. The van der Waals surface area contributed by atoms with E-state index in [9.17, 15) is 14.9 Å². The molecule has 13 heteroatoms. The smallest absolute Gasteiger partial charge is 0.263 e. The van der Waals surface area contributed by atoms with Gasteiger partial charge in [0.1, 0.15) is 23.3 Å². The number of nitrogens with zero attached hydrogens (tertiary/aromatic N) is 5. The summed E-state index contributed by atoms with van der Waals surface area (Å²) in [4.78, 5) is 37.5. The zero-order valence-electron chi connectivity index (χ0n) is 17.9. The summed E-state index contributed by atoms with van der Waals surface area (Å²) in [5, 5.41) is 13.4. The van der Waals surface area contributed by atoms with Crippen LogP contribution in [0.4, 0.5) is 17.6 Å². The van der Waals surface area contributed by atoms with Gasteiger partial charge in [-0.3, -0.25) is 14.2 Å². The van der Waals surface area contributed by atoms with Gasteiger partial charge in [-0.1, -0.05) is 23.2 Å². The van der Waals surface area contributed by atoms with Crippen LogP contribution in [0, 0.1) is 17.2 Å². The molecule has 176 valence electrons. The summed E-state index contributed by atoms with van der Waals surface area (Å²) in [6, 6.07) is 4.55. The molecular formula is C21H21Cl2N9O2. The first kappa shape index (κ1) is 23.5. The van der Waals surface area contributed by atoms with Crippen LogP contribution in [0.1, 0.15) is 43.1 Å². The van der Waals surface area contributed by atoms with E-state index in [0.29, 0.717) is 12.2 Å². The van der Waals surface area contributed by atoms with Crippen LogP contribution in [-0.4, -0.2) is 25.4 Å². The number of benzene rings is 1. The molecule has 11 nitrogen and oxygen atoms in total. The Bertz CT molecular complexity index is 1400. The average Bonchev–Trinajstić information content (AvgIpc) is 3.60. The third kappa shape index (κ3) is 4.55. The van der Waals surface area contributed by atoms with Crippen LogP contribution in [-0.2, 0) is 11.3 Å². The summed E-state index contributed by atoms with van der Waals surface area (Å²) in [6.45, 7) is 0.174. The summed E-state index contributed by atoms with van der Waals surface area (Å²) < 4.78 is 1.46. The van der Waals surface area contributed by atoms with E-state index in [0.717, 1.165) is 12.8 Å². The van der Waals surface area contributed by atoms with Crippen molar-refractivity contribution < 1.29 is 4.79 Å². The first-order valence-corrected chi connectivity index (χ1v) is 11.2. The number of carbonyl (C=O) groups excluding carboxylic acids is 1. The number of nitrogens with one attached hydrogen (secondary N) is 1. The molecule has 1 amide bonds. The Labute approximate surface area is 203 Å². The Kier molecular flexibility index (Phi) is 6.45. The van der Waals surface area contributed by atoms with Gasteiger partial charge in [-0.15, -0.1) is 0 Å². The number of nitrogens with two attached hydrogens (primary N) is 3. The zero-order chi connectivity index (χ0) is 24.6. The highest BCUT2D eigenvalue weighted by Gasteiger charge is 2.37. The van der Waals surface area contributed by atoms with Crippen molar-refractivity contribution in [2.45, 2.75) is 38.3 Å². The molecule has 0 radical (unpaired) electrons. The zero-order valence-corrected chi connectivity index (χ0v) is 19.4. The van der Waals surface area contributed by atoms with Crippen LogP contribution in [0.5, 0.6) is 0 Å². The van der Waals surface area contributed by atoms with Gasteiger partial charge in [0, 0.05) is 13.0 Å². The molecule has 0 saturated heterocycles. The van der Waals surface area contributed by atoms with Gasteiger partial charge in [0.25, 0.3) is 5.56 Å². The molecule has 2 heterocycles. The number of hydrogen-bond acceptors (Lipinski definition) is 9. The van der Waals surface area contributed by atoms with Crippen molar-refractivity contribution in [1.82, 2.24) is 19.5 Å². The summed E-state index contributed by atoms with van der Waals surface area (Å²) >= 11 is 12.7. The number of anilines is 3. The quantitative estimate of drug-likeness (QED) is 0.358. The Morgan fingerprint density at radius 1 is 1.24 bits per heavy atom. The SMILES string of the molecule is N#Cc1c(N)nc(N)nc1N[C@H](c1nc2c(Cl)ccc(Cl)c2c(=O)n1CCCC(N)=O)C1CC1. The molecule has 2 aromatic heterocycles. The number of carbonyl (C=O) groups is 1. The summed E-state index contributed by atoms with van der Waals surface area (Å²) in [7, 11) is 0. The average molecular weight is 502 g/mol. The van der Waals surface area contributed by atoms with Gasteiger partial charge >= 0.3 is 0 Å². The van der Waals surface area contributed by atoms with Crippen LogP contribution in [0.25, 0.3) is 10.9 Å². The molecule has 3 aromatic rings. The molecule has 1 atom stereocenters. The van der Waals surface area contributed by atoms with Crippen molar-refractivity contribution in [3.8, 4) is 6.07 Å². The third-order valence-corrected chi connectivity index (χ3v) is 6.19. The molecule has 1 aliphatic rings. The molecule has 34 heavy (non-hydrogen) atoms. The lowest BCUT2D eigenvalue weighted by Crippen LogP contribution is -2.31. The van der Waals surface area contributed by atoms with E-state index in [1.165, 1.54) is 10.6 Å². The highest BCUT2D eigenvalue weighted by molar-refractivity contribution is 6.39. The minimum atomic E-state index is -0.526. The highest BCUT2D eigenvalue weighted by Crippen LogP contribution is 2.43. The molecule has 1 aliphatic carbocycles. The molecule has 1 fully saturated rings. The van der Waals surface area contributed by atoms with Gasteiger partial charge in [-0.2, -0.15) is 15.2 Å². The van der Waals surface area contributed by atoms with Crippen molar-refractivity contribution in [1.29, 1.82) is 5.26 Å². The van der Waals surface area contributed by atoms with Gasteiger partial charge in [-0.25, -0.2) is 4.98 Å². The number of aromatic nitrogens is 4. The molecule has 0 bridgehead atoms. The van der Waals surface area contributed by atoms with Gasteiger partial charge in [0.05, 0.1) is 27.0 Å². The highest BCUT2D eigenvalue weighted by atomic mass is 35.5. The van der Waals surface area contributed by atoms with E-state index in [-0.39, 0.29) is 63.0 Å². The van der Waals surface area contributed by atoms with Crippen LogP contribution in [0.2, 0.25) is 10.0 Å². The first-order valence-electron chi connectivity index (χ1n) is 10.5. The number of nitriles is 1. The number of fused-ring (bicyclic) bond motifs is 1. The van der Waals surface area contributed by atoms with Gasteiger partial charge in [0.15, 0.2) is 5.82 Å². The van der Waals surface area contributed by atoms with Crippen molar-refractivity contribution in [2.75, 3.05) is 16.8 Å². The number of hydrogen-bond donors (Lipinski definition) is 4. The van der Waals surface area contributed by atoms with E-state index >= 15 is 0 Å². The lowest BCUT2D eigenvalue weighted by Gasteiger charge is -2.24. The van der Waals surface area contributed by atoms with Crippen LogP contribution in [0.15, 0.2) is 16.9 Å². The molecule has 1 aromatic carbocycles. The monoisotopic (exact) mass is 501 g/mol. The van der Waals surface area contributed by atoms with Crippen LogP contribution in [0.3, 0.4) is 0 Å². The minimum Gasteiger partial charge on any atom is -0.382 e. The van der Waals surface area contributed by atoms with Crippen molar-refractivity contribution in [3.05, 3.63) is 43.9 Å². The Hall–Kier alpha value is -3.62. The number of nitrogen functional groups attached to an aromatic ring is 2. The normalized spacial score (nSPS) is 14.0. The van der Waals surface area contributed by atoms with E-state index in [4.69, 9.17) is 45.4 Å². The van der Waals surface area contributed by atoms with Gasteiger partial charge in [-0.05, 0) is 37.3 Å². The second-order valence-corrected chi connectivity index (χ2v) is 8.83. The predicted octanol–water partition coefficient (Wildman–Crippen LogP) is 2.36. The molecule has 4 rings (SSSR count). The van der Waals surface area contributed by atoms with E-state index in [1.54, 1.807) is 6.07 Å². The molecule has 0 unspecified atom stereocenters. The second-order valence-electron chi connectivity index (χ2n) is 8.01. The molecular weight excluding hydrogens is 481 g/mol.